The number of alkyl halides is 1. The van der Waals surface area contributed by atoms with Gasteiger partial charge in [0.1, 0.15) is 0 Å². The van der Waals surface area contributed by atoms with Gasteiger partial charge in [-0.2, -0.15) is 0 Å². The van der Waals surface area contributed by atoms with Gasteiger partial charge in [-0.15, -0.1) is 0 Å². The number of halogens is 1. The maximum absolute atomic E-state index is 5.98. The lowest BCUT2D eigenvalue weighted by atomic mass is 10.0. The number of unbranched alkanes of at least 4 members (excludes halogenated alkanes) is 35. The molecule has 0 aliphatic heterocycles. The summed E-state index contributed by atoms with van der Waals surface area (Å²) in [5, 5.41) is 0. The van der Waals surface area contributed by atoms with E-state index in [1.165, 1.54) is 236 Å². The van der Waals surface area contributed by atoms with Gasteiger partial charge in [0.15, 0.2) is 0 Å². The van der Waals surface area contributed by atoms with Crippen LogP contribution in [0.4, 0.5) is 0 Å². The fourth-order valence-corrected chi connectivity index (χ4v) is 10.7. The molecular weight excluding hydrogens is 731 g/mol. The summed E-state index contributed by atoms with van der Waals surface area (Å²) in [4.78, 5) is 0. The molecule has 0 aliphatic carbocycles. The Morgan fingerprint density at radius 3 is 0.592 bits per heavy atom. The zero-order chi connectivity index (χ0) is 35.6. The molecule has 0 amide bonds. The Hall–Kier alpha value is 0.827. The van der Waals surface area contributed by atoms with Crippen LogP contribution in [0.1, 0.15) is 252 Å². The van der Waals surface area contributed by atoms with Crippen LogP contribution in [0.5, 0.6) is 0 Å². The summed E-state index contributed by atoms with van der Waals surface area (Å²) in [6.07, 6.45) is 52.3. The van der Waals surface area contributed by atoms with Crippen molar-refractivity contribution in [1.29, 1.82) is 0 Å². The average molecular weight is 823 g/mol. The normalized spacial score (nSPS) is 12.0. The summed E-state index contributed by atoms with van der Waals surface area (Å²) in [6.45, 7) is 8.20. The minimum atomic E-state index is -2.42. The monoisotopic (exact) mass is 823 g/mol. The molecule has 0 aromatic carbocycles. The Morgan fingerprint density at radius 1 is 0.265 bits per heavy atom. The lowest BCUT2D eigenvalue weighted by molar-refractivity contribution is 0.0706. The summed E-state index contributed by atoms with van der Waals surface area (Å²) in [6, 6.07) is 0.974. The predicted molar refractivity (Wildman–Crippen MR) is 231 cm³/mol. The van der Waals surface area contributed by atoms with Crippen molar-refractivity contribution >= 4 is 31.4 Å². The van der Waals surface area contributed by atoms with Crippen molar-refractivity contribution in [3.05, 3.63) is 0 Å². The van der Waals surface area contributed by atoms with Gasteiger partial charge in [0.25, 0.3) is 0 Å². The zero-order valence-corrected chi connectivity index (χ0v) is 37.3. The van der Waals surface area contributed by atoms with E-state index in [4.69, 9.17) is 13.3 Å². The van der Waals surface area contributed by atoms with Gasteiger partial charge in [0.2, 0.25) is 0 Å². The molecule has 0 rings (SSSR count). The molecule has 0 heterocycles. The second kappa shape index (κ2) is 43.2. The first-order chi connectivity index (χ1) is 24.2. The maximum atomic E-state index is 5.98. The maximum Gasteiger partial charge on any atom is 0.500 e. The molecule has 0 aromatic rings. The van der Waals surface area contributed by atoms with Gasteiger partial charge in [0.05, 0.1) is 0 Å². The van der Waals surface area contributed by atoms with Gasteiger partial charge in [-0.05, 0) is 38.0 Å². The Bertz CT molecular complexity index is 576. The van der Waals surface area contributed by atoms with E-state index in [2.05, 4.69) is 22.6 Å². The van der Waals surface area contributed by atoms with E-state index >= 15 is 0 Å². The molecule has 0 atom stereocenters. The Labute approximate surface area is 325 Å². The highest BCUT2D eigenvalue weighted by molar-refractivity contribution is 14.1. The van der Waals surface area contributed by atoms with Crippen molar-refractivity contribution in [1.82, 2.24) is 0 Å². The van der Waals surface area contributed by atoms with Crippen molar-refractivity contribution in [3.63, 3.8) is 0 Å². The van der Waals surface area contributed by atoms with Gasteiger partial charge in [-0.3, -0.25) is 0 Å². The molecule has 0 aliphatic rings. The van der Waals surface area contributed by atoms with Crippen LogP contribution in [0, 0.1) is 0 Å². The number of rotatable bonds is 44. The van der Waals surface area contributed by atoms with E-state index < -0.39 is 8.80 Å². The third kappa shape index (κ3) is 38.4. The van der Waals surface area contributed by atoms with Crippen molar-refractivity contribution < 1.29 is 13.3 Å². The van der Waals surface area contributed by atoms with Crippen molar-refractivity contribution in [2.45, 2.75) is 258 Å². The molecule has 0 N–H and O–H groups in total. The third-order valence-corrected chi connectivity index (χ3v) is 14.4. The Kier molecular flexibility index (Phi) is 44.0. The summed E-state index contributed by atoms with van der Waals surface area (Å²) in [5.74, 6) is 0. The first-order valence-corrected chi connectivity index (χ1v) is 26.2. The van der Waals surface area contributed by atoms with E-state index in [0.29, 0.717) is 19.8 Å². The van der Waals surface area contributed by atoms with Crippen LogP contribution in [0.3, 0.4) is 0 Å². The molecule has 0 unspecified atom stereocenters. The first kappa shape index (κ1) is 49.8. The zero-order valence-electron chi connectivity index (χ0n) is 34.1. The average Bonchev–Trinajstić information content (AvgIpc) is 3.10. The van der Waals surface area contributed by atoms with Gasteiger partial charge >= 0.3 is 8.80 Å². The lowest BCUT2D eigenvalue weighted by Crippen LogP contribution is -2.45. The lowest BCUT2D eigenvalue weighted by Gasteiger charge is -2.28. The second-order valence-corrected chi connectivity index (χ2v) is 19.0. The smallest absolute Gasteiger partial charge is 0.374 e. The molecule has 0 fully saturated rings. The van der Waals surface area contributed by atoms with E-state index in [1.54, 1.807) is 0 Å². The van der Waals surface area contributed by atoms with Crippen LogP contribution in [0.2, 0.25) is 6.04 Å². The summed E-state index contributed by atoms with van der Waals surface area (Å²) < 4.78 is 19.3. The SMILES string of the molecule is CCO[Si](CCCCCCCCCCCCCCCCCCCCCCCCCCCCCCCCCCCCCCI)(OCC)OCC. The van der Waals surface area contributed by atoms with Gasteiger partial charge in [-0.1, -0.05) is 241 Å². The summed E-state index contributed by atoms with van der Waals surface area (Å²) in [7, 11) is -2.42. The van der Waals surface area contributed by atoms with Crippen LogP contribution in [0.25, 0.3) is 0 Å². The first-order valence-electron chi connectivity index (χ1n) is 22.7. The number of hydrogen-bond acceptors (Lipinski definition) is 3. The third-order valence-electron chi connectivity index (χ3n) is 10.5. The largest absolute Gasteiger partial charge is 0.500 e. The molecule has 0 spiro atoms. The molecule has 0 aromatic heterocycles. The highest BCUT2D eigenvalue weighted by Gasteiger charge is 2.39. The molecular formula is C44H91IO3Si. The Morgan fingerprint density at radius 2 is 0.429 bits per heavy atom. The highest BCUT2D eigenvalue weighted by Crippen LogP contribution is 2.22. The molecule has 0 saturated heterocycles. The van der Waals surface area contributed by atoms with Gasteiger partial charge in [0, 0.05) is 25.9 Å². The fourth-order valence-electron chi connectivity index (χ4n) is 7.45. The van der Waals surface area contributed by atoms with Crippen LogP contribution in [-0.2, 0) is 13.3 Å². The van der Waals surface area contributed by atoms with Crippen LogP contribution >= 0.6 is 22.6 Å². The number of hydrogen-bond donors (Lipinski definition) is 0. The van der Waals surface area contributed by atoms with E-state index in [9.17, 15) is 0 Å². The quantitative estimate of drug-likeness (QED) is 0.0265. The van der Waals surface area contributed by atoms with Gasteiger partial charge < -0.3 is 13.3 Å². The van der Waals surface area contributed by atoms with Crippen LogP contribution < -0.4 is 0 Å². The summed E-state index contributed by atoms with van der Waals surface area (Å²) in [5.41, 5.74) is 0. The van der Waals surface area contributed by atoms with Gasteiger partial charge in [-0.25, -0.2) is 0 Å². The standard InChI is InChI=1S/C44H91IO3Si/c1-4-46-49(47-5-2,48-6-3)44-42-40-38-36-34-32-30-28-26-24-22-20-18-16-14-12-10-8-7-9-11-13-15-17-19-21-23-25-27-29-31-33-35-37-39-41-43-45/h4-44H2,1-3H3. The summed E-state index contributed by atoms with van der Waals surface area (Å²) >= 11 is 2.50. The van der Waals surface area contributed by atoms with E-state index in [-0.39, 0.29) is 0 Å². The van der Waals surface area contributed by atoms with Crippen molar-refractivity contribution in [2.75, 3.05) is 24.2 Å². The molecule has 5 heteroatoms. The molecule has 0 radical (unpaired) electrons. The van der Waals surface area contributed by atoms with E-state index in [1.807, 2.05) is 20.8 Å². The topological polar surface area (TPSA) is 27.7 Å². The van der Waals surface area contributed by atoms with Crippen molar-refractivity contribution in [2.24, 2.45) is 0 Å². The molecule has 3 nitrogen and oxygen atoms in total. The molecule has 49 heavy (non-hydrogen) atoms. The molecule has 0 bridgehead atoms. The minimum Gasteiger partial charge on any atom is -0.374 e. The Balaban J connectivity index is 3.20. The van der Waals surface area contributed by atoms with E-state index in [0.717, 1.165) is 6.04 Å². The minimum absolute atomic E-state index is 0.686. The molecule has 296 valence electrons. The van der Waals surface area contributed by atoms with Crippen LogP contribution in [0.15, 0.2) is 0 Å². The highest BCUT2D eigenvalue weighted by atomic mass is 127. The fraction of sp³-hybridized carbons (Fsp3) is 1.00. The van der Waals surface area contributed by atoms with Crippen LogP contribution in [-0.4, -0.2) is 33.1 Å². The second-order valence-electron chi connectivity index (χ2n) is 15.1. The molecule has 0 saturated carbocycles. The predicted octanol–water partition coefficient (Wildman–Crippen LogP) is 16.5. The van der Waals surface area contributed by atoms with Crippen molar-refractivity contribution in [3.8, 4) is 0 Å².